The Morgan fingerprint density at radius 2 is 1.27 bits per heavy atom. The third kappa shape index (κ3) is 9.63. The summed E-state index contributed by atoms with van der Waals surface area (Å²) in [5.74, 6) is 0.734. The number of ether oxygens (including phenoxy) is 1. The predicted molar refractivity (Wildman–Crippen MR) is 250 cm³/mol. The van der Waals surface area contributed by atoms with E-state index in [0.717, 1.165) is 29.2 Å². The Morgan fingerprint density at radius 3 is 1.81 bits per heavy atom. The lowest BCUT2D eigenvalue weighted by molar-refractivity contribution is -0.143. The highest BCUT2D eigenvalue weighted by Gasteiger charge is 2.50. The molecule has 7 aromatic rings. The van der Waals surface area contributed by atoms with Crippen LogP contribution >= 0.6 is 23.4 Å². The molecule has 59 heavy (non-hydrogen) atoms. The minimum Gasteiger partial charge on any atom is -0.466 e. The number of aryl methyl sites for hydroxylation is 2. The van der Waals surface area contributed by atoms with Crippen LogP contribution in [0.3, 0.4) is 0 Å². The molecule has 0 atom stereocenters. The highest BCUT2D eigenvalue weighted by Crippen LogP contribution is 2.40. The fourth-order valence-corrected chi connectivity index (χ4v) is 14.2. The Morgan fingerprint density at radius 1 is 0.712 bits per heavy atom. The zero-order valence-electron chi connectivity index (χ0n) is 34.6. The van der Waals surface area contributed by atoms with Gasteiger partial charge >= 0.3 is 5.97 Å². The van der Waals surface area contributed by atoms with Crippen molar-refractivity contribution < 1.29 is 14.0 Å². The number of thioether (sulfide) groups is 1. The Labute approximate surface area is 360 Å². The number of benzene rings is 6. The van der Waals surface area contributed by atoms with E-state index in [9.17, 15) is 4.79 Å². The van der Waals surface area contributed by atoms with Gasteiger partial charge in [-0.05, 0) is 87.8 Å². The van der Waals surface area contributed by atoms with Gasteiger partial charge in [0.15, 0.2) is 0 Å². The molecular weight excluding hydrogens is 782 g/mol. The smallest absolute Gasteiger partial charge is 0.306 e. The van der Waals surface area contributed by atoms with Gasteiger partial charge in [-0.3, -0.25) is 4.79 Å². The second kappa shape index (κ2) is 19.5. The molecule has 1 heterocycles. The van der Waals surface area contributed by atoms with E-state index in [1.54, 1.807) is 0 Å². The van der Waals surface area contributed by atoms with E-state index in [4.69, 9.17) is 20.8 Å². The first-order chi connectivity index (χ1) is 28.7. The molecule has 0 saturated carbocycles. The number of halogens is 1. The van der Waals surface area contributed by atoms with Crippen LogP contribution < -0.4 is 10.4 Å². The number of fused-ring (bicyclic) bond motifs is 1. The number of rotatable bonds is 17. The van der Waals surface area contributed by atoms with E-state index >= 15 is 0 Å². The van der Waals surface area contributed by atoms with Crippen molar-refractivity contribution in [2.24, 2.45) is 0 Å². The maximum Gasteiger partial charge on any atom is 0.306 e. The normalized spacial score (nSPS) is 12.0. The number of carbonyl (C=O) groups is 1. The molecule has 0 amide bonds. The third-order valence-corrected chi connectivity index (χ3v) is 17.5. The average Bonchev–Trinajstić information content (AvgIpc) is 3.54. The van der Waals surface area contributed by atoms with Crippen LogP contribution in [0.1, 0.15) is 68.1 Å². The zero-order valence-corrected chi connectivity index (χ0v) is 37.1. The van der Waals surface area contributed by atoms with E-state index in [1.165, 1.54) is 48.6 Å². The molecule has 6 aromatic carbocycles. The van der Waals surface area contributed by atoms with Crippen molar-refractivity contribution in [2.75, 3.05) is 19.0 Å². The van der Waals surface area contributed by atoms with Crippen LogP contribution in [0.4, 0.5) is 0 Å². The topological polar surface area (TPSA) is 40.5 Å². The molecule has 0 unspecified atom stereocenters. The number of hydrogen-bond donors (Lipinski definition) is 0. The van der Waals surface area contributed by atoms with Crippen molar-refractivity contribution >= 4 is 58.9 Å². The Balaban J connectivity index is 1.30. The SMILES string of the molecule is CCOC(=O)CCc1ccc(SCCc2c(CCO[Si](c3ccccc3)(c3ccccc3)C(C)(C)C)n(C(c3ccccc3)c3ccccc3)c3ccc(Cl)cc23)cc1. The van der Waals surface area contributed by atoms with Gasteiger partial charge in [0.05, 0.1) is 12.6 Å². The highest BCUT2D eigenvalue weighted by molar-refractivity contribution is 7.99. The number of carbonyl (C=O) groups excluding carboxylic acids is 1. The van der Waals surface area contributed by atoms with E-state index in [-0.39, 0.29) is 17.0 Å². The molecule has 0 saturated heterocycles. The zero-order chi connectivity index (χ0) is 41.2. The van der Waals surface area contributed by atoms with Gasteiger partial charge in [0, 0.05) is 51.7 Å². The molecule has 302 valence electrons. The van der Waals surface area contributed by atoms with Gasteiger partial charge in [-0.25, -0.2) is 0 Å². The summed E-state index contributed by atoms with van der Waals surface area (Å²) in [4.78, 5) is 13.2. The summed E-state index contributed by atoms with van der Waals surface area (Å²) in [6.45, 7) is 9.84. The molecule has 7 heteroatoms. The average molecular weight is 837 g/mol. The van der Waals surface area contributed by atoms with Gasteiger partial charge in [0.25, 0.3) is 8.32 Å². The molecule has 0 bridgehead atoms. The molecule has 0 fully saturated rings. The number of nitrogens with zero attached hydrogens (tertiary/aromatic N) is 1. The van der Waals surface area contributed by atoms with Gasteiger partial charge in [0.2, 0.25) is 0 Å². The quantitative estimate of drug-likeness (QED) is 0.0520. The predicted octanol–water partition coefficient (Wildman–Crippen LogP) is 11.9. The van der Waals surface area contributed by atoms with Crippen LogP contribution in [-0.2, 0) is 33.2 Å². The molecule has 1 aromatic heterocycles. The summed E-state index contributed by atoms with van der Waals surface area (Å²) in [6, 6.07) is 58.5. The van der Waals surface area contributed by atoms with E-state index in [0.29, 0.717) is 26.1 Å². The van der Waals surface area contributed by atoms with Gasteiger partial charge in [0.1, 0.15) is 0 Å². The van der Waals surface area contributed by atoms with E-state index in [1.807, 2.05) is 24.8 Å². The molecule has 4 nitrogen and oxygen atoms in total. The lowest BCUT2D eigenvalue weighted by Gasteiger charge is -2.43. The van der Waals surface area contributed by atoms with Crippen molar-refractivity contribution in [2.45, 2.75) is 69.4 Å². The second-order valence-electron chi connectivity index (χ2n) is 16.0. The van der Waals surface area contributed by atoms with Crippen LogP contribution in [0.5, 0.6) is 0 Å². The molecule has 0 N–H and O–H groups in total. The van der Waals surface area contributed by atoms with Crippen LogP contribution in [-0.4, -0.2) is 37.8 Å². The molecule has 0 spiro atoms. The first-order valence-electron chi connectivity index (χ1n) is 20.7. The standard InChI is InChI=1S/C52H54ClNO3SSi/c1-5-56-50(55)33-28-39-26-30-43(31-27-39)58-37-35-46-47-38-42(53)29-32-48(47)54(51(40-18-10-6-11-19-40)41-20-12-7-13-21-41)49(46)34-36-57-59(52(2,3)4,44-22-14-8-15-23-44)45-24-16-9-17-25-45/h6-27,29-32,38,51H,5,28,33-37H2,1-4H3. The summed E-state index contributed by atoms with van der Waals surface area (Å²) in [6.07, 6.45) is 2.64. The fourth-order valence-electron chi connectivity index (χ4n) is 8.58. The fraction of sp³-hybridized carbons (Fsp3) is 0.250. The summed E-state index contributed by atoms with van der Waals surface area (Å²) in [5, 5.41) is 4.33. The number of hydrogen-bond acceptors (Lipinski definition) is 4. The van der Waals surface area contributed by atoms with Crippen molar-refractivity contribution in [3.05, 3.63) is 197 Å². The van der Waals surface area contributed by atoms with Crippen LogP contribution in [0.25, 0.3) is 10.9 Å². The first-order valence-corrected chi connectivity index (χ1v) is 24.0. The maximum absolute atomic E-state index is 12.0. The summed E-state index contributed by atoms with van der Waals surface area (Å²) in [5.41, 5.74) is 7.33. The lowest BCUT2D eigenvalue weighted by atomic mass is 9.97. The van der Waals surface area contributed by atoms with Crippen molar-refractivity contribution in [3.8, 4) is 0 Å². The molecular formula is C52H54ClNO3SSi. The largest absolute Gasteiger partial charge is 0.466 e. The minimum absolute atomic E-state index is 0.0625. The highest BCUT2D eigenvalue weighted by atomic mass is 35.5. The Kier molecular flexibility index (Phi) is 14.0. The van der Waals surface area contributed by atoms with Crippen molar-refractivity contribution in [1.29, 1.82) is 0 Å². The van der Waals surface area contributed by atoms with Gasteiger partial charge in [-0.1, -0.05) is 166 Å². The van der Waals surface area contributed by atoms with Crippen LogP contribution in [0, 0.1) is 0 Å². The lowest BCUT2D eigenvalue weighted by Crippen LogP contribution is -2.66. The minimum atomic E-state index is -2.79. The number of esters is 1. The maximum atomic E-state index is 12.0. The van der Waals surface area contributed by atoms with E-state index in [2.05, 4.69) is 183 Å². The van der Waals surface area contributed by atoms with Gasteiger partial charge < -0.3 is 13.7 Å². The summed E-state index contributed by atoms with van der Waals surface area (Å²) in [7, 11) is -2.79. The Hall–Kier alpha value is -4.85. The van der Waals surface area contributed by atoms with Gasteiger partial charge in [-0.15, -0.1) is 11.8 Å². The number of aromatic nitrogens is 1. The molecule has 0 aliphatic carbocycles. The second-order valence-corrected chi connectivity index (χ2v) is 21.9. The molecule has 0 aliphatic heterocycles. The van der Waals surface area contributed by atoms with Crippen LogP contribution in [0.2, 0.25) is 10.1 Å². The third-order valence-electron chi connectivity index (χ3n) is 11.2. The first kappa shape index (κ1) is 42.3. The van der Waals surface area contributed by atoms with Crippen molar-refractivity contribution in [1.82, 2.24) is 4.57 Å². The summed E-state index contributed by atoms with van der Waals surface area (Å²) >= 11 is 8.72. The van der Waals surface area contributed by atoms with E-state index < -0.39 is 8.32 Å². The Bertz CT molecular complexity index is 2340. The molecule has 7 rings (SSSR count). The van der Waals surface area contributed by atoms with Crippen LogP contribution in [0.15, 0.2) is 169 Å². The molecule has 0 aliphatic rings. The monoisotopic (exact) mass is 835 g/mol. The molecule has 0 radical (unpaired) electrons. The van der Waals surface area contributed by atoms with Gasteiger partial charge in [-0.2, -0.15) is 0 Å². The van der Waals surface area contributed by atoms with Crippen molar-refractivity contribution in [3.63, 3.8) is 0 Å². The summed E-state index contributed by atoms with van der Waals surface area (Å²) < 4.78 is 15.3.